The van der Waals surface area contributed by atoms with E-state index in [0.717, 1.165) is 4.57 Å². The van der Waals surface area contributed by atoms with E-state index in [0.29, 0.717) is 6.61 Å². The standard InChI is InChI=1S/C8H11NO4/c1-2-13-5-8(12)9-6(10)3-4-7(9)11/h3-4,10-11H,2,5H2,1H3. The molecule has 0 amide bonds. The number of aromatic hydroxyl groups is 2. The predicted molar refractivity (Wildman–Crippen MR) is 44.9 cm³/mol. The number of hydrogen-bond donors (Lipinski definition) is 2. The van der Waals surface area contributed by atoms with E-state index in [-0.39, 0.29) is 18.4 Å². The number of nitrogens with zero attached hydrogens (tertiary/aromatic N) is 1. The molecule has 0 bridgehead atoms. The molecule has 0 spiro atoms. The first-order valence-electron chi connectivity index (χ1n) is 3.87. The van der Waals surface area contributed by atoms with Crippen LogP contribution in [0.25, 0.3) is 0 Å². The molecule has 0 unspecified atom stereocenters. The maximum Gasteiger partial charge on any atom is 0.262 e. The Hall–Kier alpha value is -1.49. The number of ether oxygens (including phenoxy) is 1. The van der Waals surface area contributed by atoms with Crippen molar-refractivity contribution in [2.45, 2.75) is 6.92 Å². The summed E-state index contributed by atoms with van der Waals surface area (Å²) in [6, 6.07) is 2.47. The summed E-state index contributed by atoms with van der Waals surface area (Å²) in [7, 11) is 0. The monoisotopic (exact) mass is 185 g/mol. The topological polar surface area (TPSA) is 71.7 Å². The Bertz CT molecular complexity index is 286. The van der Waals surface area contributed by atoms with Crippen LogP contribution in [-0.4, -0.2) is 33.9 Å². The second kappa shape index (κ2) is 3.95. The zero-order valence-corrected chi connectivity index (χ0v) is 7.23. The van der Waals surface area contributed by atoms with Crippen LogP contribution in [-0.2, 0) is 4.74 Å². The molecule has 0 radical (unpaired) electrons. The van der Waals surface area contributed by atoms with Gasteiger partial charge in [-0.3, -0.25) is 4.79 Å². The normalized spacial score (nSPS) is 10.2. The molecule has 0 fully saturated rings. The third kappa shape index (κ3) is 2.00. The van der Waals surface area contributed by atoms with Gasteiger partial charge in [-0.05, 0) is 6.92 Å². The van der Waals surface area contributed by atoms with E-state index in [4.69, 9.17) is 14.9 Å². The number of carbonyl (C=O) groups is 1. The zero-order chi connectivity index (χ0) is 9.84. The summed E-state index contributed by atoms with van der Waals surface area (Å²) in [6.45, 7) is 2.00. The fraction of sp³-hybridized carbons (Fsp3) is 0.375. The van der Waals surface area contributed by atoms with Crippen LogP contribution in [0.4, 0.5) is 0 Å². The Morgan fingerprint density at radius 3 is 2.46 bits per heavy atom. The van der Waals surface area contributed by atoms with Gasteiger partial charge in [0.1, 0.15) is 6.61 Å². The van der Waals surface area contributed by atoms with Gasteiger partial charge in [-0.15, -0.1) is 0 Å². The molecule has 0 atom stereocenters. The van der Waals surface area contributed by atoms with Crippen molar-refractivity contribution in [3.63, 3.8) is 0 Å². The maximum atomic E-state index is 11.2. The minimum Gasteiger partial charge on any atom is -0.494 e. The highest BCUT2D eigenvalue weighted by molar-refractivity contribution is 5.83. The lowest BCUT2D eigenvalue weighted by molar-refractivity contribution is 0.0680. The van der Waals surface area contributed by atoms with Crippen molar-refractivity contribution in [3.05, 3.63) is 12.1 Å². The third-order valence-electron chi connectivity index (χ3n) is 1.52. The Morgan fingerprint density at radius 2 is 2.00 bits per heavy atom. The van der Waals surface area contributed by atoms with Crippen LogP contribution >= 0.6 is 0 Å². The van der Waals surface area contributed by atoms with Crippen molar-refractivity contribution < 1.29 is 19.7 Å². The quantitative estimate of drug-likeness (QED) is 0.722. The minimum atomic E-state index is -0.498. The molecule has 72 valence electrons. The fourth-order valence-corrected chi connectivity index (χ4v) is 0.925. The van der Waals surface area contributed by atoms with Crippen molar-refractivity contribution in [1.82, 2.24) is 4.57 Å². The highest BCUT2D eigenvalue weighted by atomic mass is 16.5. The average Bonchev–Trinajstić information content (AvgIpc) is 2.42. The van der Waals surface area contributed by atoms with Gasteiger partial charge in [0.25, 0.3) is 5.91 Å². The molecule has 0 aromatic carbocycles. The molecular formula is C8H11NO4. The summed E-state index contributed by atoms with van der Waals surface area (Å²) in [5.41, 5.74) is 0. The lowest BCUT2D eigenvalue weighted by atomic mass is 10.6. The summed E-state index contributed by atoms with van der Waals surface area (Å²) in [6.07, 6.45) is 0. The molecule has 0 saturated carbocycles. The summed E-state index contributed by atoms with van der Waals surface area (Å²) >= 11 is 0. The fourth-order valence-electron chi connectivity index (χ4n) is 0.925. The van der Waals surface area contributed by atoms with Crippen LogP contribution < -0.4 is 0 Å². The SMILES string of the molecule is CCOCC(=O)n1c(O)ccc1O. The minimum absolute atomic E-state index is 0.160. The Morgan fingerprint density at radius 1 is 1.46 bits per heavy atom. The summed E-state index contributed by atoms with van der Waals surface area (Å²) in [4.78, 5) is 11.2. The lowest BCUT2D eigenvalue weighted by Crippen LogP contribution is -2.16. The van der Waals surface area contributed by atoms with Gasteiger partial charge < -0.3 is 14.9 Å². The number of aromatic nitrogens is 1. The van der Waals surface area contributed by atoms with Crippen LogP contribution in [0.3, 0.4) is 0 Å². The third-order valence-corrected chi connectivity index (χ3v) is 1.52. The lowest BCUT2D eigenvalue weighted by Gasteiger charge is -2.04. The van der Waals surface area contributed by atoms with Gasteiger partial charge in [-0.2, -0.15) is 0 Å². The van der Waals surface area contributed by atoms with Gasteiger partial charge in [0.15, 0.2) is 0 Å². The molecule has 0 saturated heterocycles. The van der Waals surface area contributed by atoms with Crippen molar-refractivity contribution in [3.8, 4) is 11.8 Å². The average molecular weight is 185 g/mol. The van der Waals surface area contributed by atoms with E-state index < -0.39 is 5.91 Å². The maximum absolute atomic E-state index is 11.2. The van der Waals surface area contributed by atoms with Crippen LogP contribution in [0.1, 0.15) is 11.7 Å². The molecule has 1 heterocycles. The molecule has 2 N–H and O–H groups in total. The second-order valence-corrected chi connectivity index (χ2v) is 2.42. The molecule has 1 rings (SSSR count). The van der Waals surface area contributed by atoms with E-state index in [9.17, 15) is 4.79 Å². The first-order valence-corrected chi connectivity index (χ1v) is 3.87. The predicted octanol–water partition coefficient (Wildman–Crippen LogP) is 0.576. The van der Waals surface area contributed by atoms with Crippen molar-refractivity contribution in [2.75, 3.05) is 13.2 Å². The highest BCUT2D eigenvalue weighted by Gasteiger charge is 2.13. The van der Waals surface area contributed by atoms with Crippen LogP contribution in [0.5, 0.6) is 11.8 Å². The largest absolute Gasteiger partial charge is 0.494 e. The van der Waals surface area contributed by atoms with E-state index >= 15 is 0 Å². The zero-order valence-electron chi connectivity index (χ0n) is 7.23. The van der Waals surface area contributed by atoms with Gasteiger partial charge in [0, 0.05) is 18.7 Å². The molecular weight excluding hydrogens is 174 g/mol. The first-order chi connectivity index (χ1) is 6.16. The van der Waals surface area contributed by atoms with Crippen molar-refractivity contribution in [2.24, 2.45) is 0 Å². The van der Waals surface area contributed by atoms with Gasteiger partial charge in [-0.25, -0.2) is 4.57 Å². The first kappa shape index (κ1) is 9.60. The summed E-state index contributed by atoms with van der Waals surface area (Å²) in [5, 5.41) is 18.3. The highest BCUT2D eigenvalue weighted by Crippen LogP contribution is 2.20. The van der Waals surface area contributed by atoms with E-state index in [1.807, 2.05) is 0 Å². The van der Waals surface area contributed by atoms with Gasteiger partial charge in [0.2, 0.25) is 11.8 Å². The number of rotatable bonds is 3. The van der Waals surface area contributed by atoms with Gasteiger partial charge in [-0.1, -0.05) is 0 Å². The summed E-state index contributed by atoms with van der Waals surface area (Å²) < 4.78 is 5.62. The molecule has 1 aromatic heterocycles. The second-order valence-electron chi connectivity index (χ2n) is 2.42. The van der Waals surface area contributed by atoms with Gasteiger partial charge in [0.05, 0.1) is 0 Å². The molecule has 0 aliphatic heterocycles. The number of hydrogen-bond acceptors (Lipinski definition) is 4. The van der Waals surface area contributed by atoms with Gasteiger partial charge >= 0.3 is 0 Å². The van der Waals surface area contributed by atoms with Crippen molar-refractivity contribution in [1.29, 1.82) is 0 Å². The molecule has 0 aliphatic rings. The Kier molecular flexibility index (Phi) is 2.92. The van der Waals surface area contributed by atoms with E-state index in [1.54, 1.807) is 6.92 Å². The summed E-state index contributed by atoms with van der Waals surface area (Å²) in [5.74, 6) is -1.08. The molecule has 0 aliphatic carbocycles. The van der Waals surface area contributed by atoms with Crippen LogP contribution in [0.15, 0.2) is 12.1 Å². The van der Waals surface area contributed by atoms with Crippen molar-refractivity contribution >= 4 is 5.91 Å². The number of carbonyl (C=O) groups excluding carboxylic acids is 1. The smallest absolute Gasteiger partial charge is 0.262 e. The molecule has 5 heteroatoms. The van der Waals surface area contributed by atoms with Crippen LogP contribution in [0, 0.1) is 0 Å². The van der Waals surface area contributed by atoms with Crippen LogP contribution in [0.2, 0.25) is 0 Å². The Labute approximate surface area is 75.2 Å². The molecule has 1 aromatic rings. The van der Waals surface area contributed by atoms with E-state index in [2.05, 4.69) is 0 Å². The van der Waals surface area contributed by atoms with E-state index in [1.165, 1.54) is 12.1 Å². The molecule has 13 heavy (non-hydrogen) atoms. The Balaban J connectivity index is 2.76. The molecule has 5 nitrogen and oxygen atoms in total.